The number of hydrogen-bond acceptors (Lipinski definition) is 7. The Kier molecular flexibility index (Phi) is 7.38. The molecule has 2 aromatic heterocycles. The lowest BCUT2D eigenvalue weighted by molar-refractivity contribution is -0.148. The van der Waals surface area contributed by atoms with Crippen molar-refractivity contribution in [1.82, 2.24) is 9.47 Å². The highest BCUT2D eigenvalue weighted by Crippen LogP contribution is 2.23. The van der Waals surface area contributed by atoms with Crippen molar-refractivity contribution < 1.29 is 33.1 Å². The van der Waals surface area contributed by atoms with E-state index >= 15 is 0 Å². The number of aromatic nitrogens is 1. The van der Waals surface area contributed by atoms with Crippen LogP contribution in [0.1, 0.15) is 55.5 Å². The number of rotatable bonds is 7. The Balaban J connectivity index is 1.34. The molecule has 3 heterocycles. The number of furan rings is 1. The number of piperidine rings is 1. The molecule has 0 saturated carbocycles. The normalized spacial score (nSPS) is 13.9. The van der Waals surface area contributed by atoms with Gasteiger partial charge in [0.15, 0.2) is 12.4 Å². The molecule has 0 aliphatic carbocycles. The SMILES string of the molecule is COC(=O)c1ccc(-n2c(C)cc(C(=O)COC(=O)C3CCN(C(=O)c4ccco4)CC3)c2C)cc1. The van der Waals surface area contributed by atoms with Crippen LogP contribution in [0.25, 0.3) is 5.69 Å². The maximum absolute atomic E-state index is 12.9. The molecule has 1 fully saturated rings. The first-order valence-electron chi connectivity index (χ1n) is 11.7. The van der Waals surface area contributed by atoms with Crippen LogP contribution in [0.5, 0.6) is 0 Å². The third kappa shape index (κ3) is 5.10. The van der Waals surface area contributed by atoms with E-state index in [2.05, 4.69) is 0 Å². The Labute approximate surface area is 208 Å². The van der Waals surface area contributed by atoms with E-state index in [0.717, 1.165) is 11.4 Å². The van der Waals surface area contributed by atoms with Gasteiger partial charge in [0.1, 0.15) is 0 Å². The molecule has 1 aliphatic heterocycles. The van der Waals surface area contributed by atoms with Crippen LogP contribution in [0, 0.1) is 19.8 Å². The standard InChI is InChI=1S/C27H28N2O7/c1-17-15-22(18(2)29(17)21-8-6-19(7-9-21)26(32)34-3)23(30)16-36-27(33)20-10-12-28(13-11-20)25(31)24-5-4-14-35-24/h4-9,14-15,20H,10-13,16H2,1-3H3. The molecule has 1 aliphatic rings. The molecule has 3 aromatic rings. The molecular weight excluding hydrogens is 464 g/mol. The average molecular weight is 493 g/mol. The van der Waals surface area contributed by atoms with E-state index in [9.17, 15) is 19.2 Å². The molecule has 0 spiro atoms. The lowest BCUT2D eigenvalue weighted by atomic mass is 9.97. The molecule has 1 aromatic carbocycles. The van der Waals surface area contributed by atoms with Gasteiger partial charge in [-0.05, 0) is 69.2 Å². The molecule has 0 bridgehead atoms. The molecule has 0 unspecified atom stereocenters. The maximum atomic E-state index is 12.9. The fourth-order valence-corrected chi connectivity index (χ4v) is 4.51. The summed E-state index contributed by atoms with van der Waals surface area (Å²) in [6.07, 6.45) is 2.39. The number of ketones is 1. The minimum Gasteiger partial charge on any atom is -0.465 e. The molecule has 9 heteroatoms. The molecule has 4 rings (SSSR count). The van der Waals surface area contributed by atoms with Crippen molar-refractivity contribution >= 4 is 23.6 Å². The van der Waals surface area contributed by atoms with E-state index in [-0.39, 0.29) is 30.0 Å². The number of Topliss-reactive ketones (excluding diaryl/α,β-unsaturated/α-hetero) is 1. The molecule has 188 valence electrons. The number of aryl methyl sites for hydroxylation is 1. The summed E-state index contributed by atoms with van der Waals surface area (Å²) in [6.45, 7) is 4.19. The van der Waals surface area contributed by atoms with Gasteiger partial charge in [-0.15, -0.1) is 0 Å². The Morgan fingerprint density at radius 2 is 1.72 bits per heavy atom. The monoisotopic (exact) mass is 492 g/mol. The minimum atomic E-state index is -0.430. The summed E-state index contributed by atoms with van der Waals surface area (Å²) in [6, 6.07) is 11.9. The van der Waals surface area contributed by atoms with Gasteiger partial charge in [0, 0.05) is 35.7 Å². The molecule has 1 saturated heterocycles. The number of hydrogen-bond donors (Lipinski definition) is 0. The largest absolute Gasteiger partial charge is 0.465 e. The molecule has 1 amide bonds. The molecular formula is C27H28N2O7. The van der Waals surface area contributed by atoms with Gasteiger partial charge in [0.05, 0.1) is 24.9 Å². The Morgan fingerprint density at radius 1 is 1.03 bits per heavy atom. The summed E-state index contributed by atoms with van der Waals surface area (Å²) >= 11 is 0. The molecule has 0 radical (unpaired) electrons. The highest BCUT2D eigenvalue weighted by molar-refractivity contribution is 5.99. The zero-order valence-corrected chi connectivity index (χ0v) is 20.5. The number of carbonyl (C=O) groups is 4. The topological polar surface area (TPSA) is 108 Å². The summed E-state index contributed by atoms with van der Waals surface area (Å²) in [5.74, 6) is -1.43. The van der Waals surface area contributed by atoms with E-state index in [4.69, 9.17) is 13.9 Å². The average Bonchev–Trinajstić information content (AvgIpc) is 3.54. The smallest absolute Gasteiger partial charge is 0.337 e. The molecule has 36 heavy (non-hydrogen) atoms. The molecule has 0 N–H and O–H groups in total. The maximum Gasteiger partial charge on any atom is 0.337 e. The summed E-state index contributed by atoms with van der Waals surface area (Å²) in [4.78, 5) is 51.2. The Morgan fingerprint density at radius 3 is 2.33 bits per heavy atom. The summed E-state index contributed by atoms with van der Waals surface area (Å²) in [5.41, 5.74) is 3.24. The summed E-state index contributed by atoms with van der Waals surface area (Å²) in [7, 11) is 1.33. The predicted molar refractivity (Wildman–Crippen MR) is 129 cm³/mol. The fourth-order valence-electron chi connectivity index (χ4n) is 4.51. The van der Waals surface area contributed by atoms with Crippen LogP contribution in [0.15, 0.2) is 53.1 Å². The van der Waals surface area contributed by atoms with E-state index in [1.165, 1.54) is 13.4 Å². The zero-order valence-electron chi connectivity index (χ0n) is 20.5. The van der Waals surface area contributed by atoms with Crippen LogP contribution in [0.3, 0.4) is 0 Å². The van der Waals surface area contributed by atoms with Crippen molar-refractivity contribution in [3.8, 4) is 5.69 Å². The Bertz CT molecular complexity index is 1260. The second-order valence-corrected chi connectivity index (χ2v) is 8.73. The van der Waals surface area contributed by atoms with Crippen molar-refractivity contribution in [3.63, 3.8) is 0 Å². The van der Waals surface area contributed by atoms with Gasteiger partial charge < -0.3 is 23.4 Å². The van der Waals surface area contributed by atoms with Crippen LogP contribution in [-0.4, -0.2) is 59.9 Å². The second kappa shape index (κ2) is 10.6. The number of amides is 1. The van der Waals surface area contributed by atoms with Gasteiger partial charge in [-0.1, -0.05) is 0 Å². The first-order chi connectivity index (χ1) is 17.3. The van der Waals surface area contributed by atoms with Gasteiger partial charge in [0.2, 0.25) is 5.78 Å². The van der Waals surface area contributed by atoms with Gasteiger partial charge in [0.25, 0.3) is 5.91 Å². The highest BCUT2D eigenvalue weighted by atomic mass is 16.5. The van der Waals surface area contributed by atoms with Crippen LogP contribution in [-0.2, 0) is 14.3 Å². The van der Waals surface area contributed by atoms with Gasteiger partial charge in [-0.3, -0.25) is 14.4 Å². The number of carbonyl (C=O) groups excluding carboxylic acids is 4. The van der Waals surface area contributed by atoms with Crippen molar-refractivity contribution in [1.29, 1.82) is 0 Å². The lowest BCUT2D eigenvalue weighted by Crippen LogP contribution is -2.40. The van der Waals surface area contributed by atoms with E-state index in [0.29, 0.717) is 42.8 Å². The third-order valence-electron chi connectivity index (χ3n) is 6.47. The Hall–Kier alpha value is -4.14. The van der Waals surface area contributed by atoms with Crippen molar-refractivity contribution in [2.45, 2.75) is 26.7 Å². The van der Waals surface area contributed by atoms with Crippen molar-refractivity contribution in [2.75, 3.05) is 26.8 Å². The number of methoxy groups -OCH3 is 1. The molecule has 0 atom stereocenters. The summed E-state index contributed by atoms with van der Waals surface area (Å²) < 4.78 is 17.2. The first-order valence-corrected chi connectivity index (χ1v) is 11.7. The highest BCUT2D eigenvalue weighted by Gasteiger charge is 2.30. The first kappa shape index (κ1) is 25.0. The van der Waals surface area contributed by atoms with Crippen molar-refractivity contribution in [3.05, 3.63) is 77.0 Å². The van der Waals surface area contributed by atoms with Crippen LogP contribution in [0.2, 0.25) is 0 Å². The van der Waals surface area contributed by atoms with E-state index in [1.807, 2.05) is 18.4 Å². The lowest BCUT2D eigenvalue weighted by Gasteiger charge is -2.30. The van der Waals surface area contributed by atoms with Crippen LogP contribution < -0.4 is 0 Å². The number of benzene rings is 1. The van der Waals surface area contributed by atoms with Crippen molar-refractivity contribution in [2.24, 2.45) is 5.92 Å². The van der Waals surface area contributed by atoms with Gasteiger partial charge in [-0.2, -0.15) is 0 Å². The number of nitrogens with zero attached hydrogens (tertiary/aromatic N) is 2. The predicted octanol–water partition coefficient (Wildman–Crippen LogP) is 3.75. The van der Waals surface area contributed by atoms with E-state index < -0.39 is 11.9 Å². The quantitative estimate of drug-likeness (QED) is 0.365. The second-order valence-electron chi connectivity index (χ2n) is 8.73. The number of likely N-dealkylation sites (tertiary alicyclic amines) is 1. The summed E-state index contributed by atoms with van der Waals surface area (Å²) in [5, 5.41) is 0. The van der Waals surface area contributed by atoms with Crippen LogP contribution >= 0.6 is 0 Å². The van der Waals surface area contributed by atoms with E-state index in [1.54, 1.807) is 47.4 Å². The zero-order chi connectivity index (χ0) is 25.8. The van der Waals surface area contributed by atoms with Crippen LogP contribution in [0.4, 0.5) is 0 Å². The van der Waals surface area contributed by atoms with Gasteiger partial charge in [-0.25, -0.2) is 4.79 Å². The number of ether oxygens (including phenoxy) is 2. The minimum absolute atomic E-state index is 0.197. The fraction of sp³-hybridized carbons (Fsp3) is 0.333. The third-order valence-corrected chi connectivity index (χ3v) is 6.47. The molecule has 9 nitrogen and oxygen atoms in total. The number of esters is 2. The van der Waals surface area contributed by atoms with Gasteiger partial charge >= 0.3 is 11.9 Å².